The summed E-state index contributed by atoms with van der Waals surface area (Å²) in [5.41, 5.74) is 2.44. The van der Waals surface area contributed by atoms with Crippen molar-refractivity contribution in [3.63, 3.8) is 0 Å². The first-order valence-corrected chi connectivity index (χ1v) is 11.2. The average Bonchev–Trinajstić information content (AvgIpc) is 3.05. The van der Waals surface area contributed by atoms with Gasteiger partial charge in [-0.25, -0.2) is 14.4 Å². The molecule has 31 heavy (non-hydrogen) atoms. The molecule has 5 rings (SSSR count). The van der Waals surface area contributed by atoms with Crippen molar-refractivity contribution in [3.05, 3.63) is 59.1 Å². The predicted octanol–water partition coefficient (Wildman–Crippen LogP) is 3.24. The summed E-state index contributed by atoms with van der Waals surface area (Å²) >= 11 is 5.98. The van der Waals surface area contributed by atoms with Crippen LogP contribution in [0, 0.1) is 5.82 Å². The number of piperazine rings is 1. The summed E-state index contributed by atoms with van der Waals surface area (Å²) in [6.07, 6.45) is 7.55. The zero-order valence-electron chi connectivity index (χ0n) is 17.3. The smallest absolute Gasteiger partial charge is 0.237 e. The van der Waals surface area contributed by atoms with Crippen LogP contribution in [0.3, 0.4) is 0 Å². The van der Waals surface area contributed by atoms with Gasteiger partial charge < -0.3 is 9.80 Å². The minimum atomic E-state index is -0.421. The maximum Gasteiger partial charge on any atom is 0.237 e. The normalized spacial score (nSPS) is 23.7. The van der Waals surface area contributed by atoms with E-state index in [2.05, 4.69) is 25.8 Å². The van der Waals surface area contributed by atoms with Crippen LogP contribution in [0.5, 0.6) is 0 Å². The van der Waals surface area contributed by atoms with Gasteiger partial charge in [-0.15, -0.1) is 0 Å². The van der Waals surface area contributed by atoms with Gasteiger partial charge in [0.15, 0.2) is 5.82 Å². The number of fused-ring (bicyclic) bond motifs is 2. The van der Waals surface area contributed by atoms with Crippen LogP contribution in [0.25, 0.3) is 5.57 Å². The molecule has 3 aliphatic heterocycles. The van der Waals surface area contributed by atoms with E-state index in [4.69, 9.17) is 11.6 Å². The molecule has 0 aliphatic carbocycles. The zero-order valence-corrected chi connectivity index (χ0v) is 18.0. The lowest BCUT2D eigenvalue weighted by molar-refractivity contribution is -0.132. The molecule has 1 amide bonds. The molecule has 2 aromatic rings. The Labute approximate surface area is 186 Å². The summed E-state index contributed by atoms with van der Waals surface area (Å²) in [6, 6.07) is 8.42. The topological polar surface area (TPSA) is 52.6 Å². The minimum absolute atomic E-state index is 0.178. The molecule has 0 spiro atoms. The molecule has 1 aromatic heterocycles. The first-order chi connectivity index (χ1) is 15.1. The number of anilines is 1. The zero-order chi connectivity index (χ0) is 21.4. The van der Waals surface area contributed by atoms with Crippen LogP contribution in [-0.4, -0.2) is 70.5 Å². The van der Waals surface area contributed by atoms with Gasteiger partial charge in [-0.2, -0.15) is 0 Å². The van der Waals surface area contributed by atoms with E-state index < -0.39 is 5.82 Å². The van der Waals surface area contributed by atoms with E-state index >= 15 is 0 Å². The highest BCUT2D eigenvalue weighted by Gasteiger charge is 2.41. The highest BCUT2D eigenvalue weighted by atomic mass is 35.5. The third-order valence-corrected chi connectivity index (χ3v) is 6.78. The van der Waals surface area contributed by atoms with Gasteiger partial charge in [-0.05, 0) is 42.5 Å². The Kier molecular flexibility index (Phi) is 5.63. The standard InChI is InChI=1S/C23H25ClFN5O/c24-18-3-1-16(2-4-18)17-7-9-29(10-8-17)22(31)15-28-13-20-5-6-21(14-28)30(20)23-26-11-19(25)12-27-23/h1-4,7,11-12,20-21H,5-6,8-10,13-15H2. The molecule has 3 aliphatic rings. The maximum absolute atomic E-state index is 13.2. The Morgan fingerprint density at radius 2 is 1.77 bits per heavy atom. The second-order valence-electron chi connectivity index (χ2n) is 8.51. The predicted molar refractivity (Wildman–Crippen MR) is 118 cm³/mol. The fourth-order valence-electron chi connectivity index (χ4n) is 5.00. The first kappa shape index (κ1) is 20.4. The highest BCUT2D eigenvalue weighted by Crippen LogP contribution is 2.33. The Morgan fingerprint density at radius 3 is 2.39 bits per heavy atom. The van der Waals surface area contributed by atoms with E-state index in [1.807, 2.05) is 29.2 Å². The first-order valence-electron chi connectivity index (χ1n) is 10.8. The molecule has 8 heteroatoms. The molecule has 2 saturated heterocycles. The van der Waals surface area contributed by atoms with Gasteiger partial charge in [0.05, 0.1) is 18.9 Å². The molecular weight excluding hydrogens is 417 g/mol. The van der Waals surface area contributed by atoms with Crippen LogP contribution in [0.2, 0.25) is 5.02 Å². The highest BCUT2D eigenvalue weighted by molar-refractivity contribution is 6.30. The molecule has 4 heterocycles. The fourth-order valence-corrected chi connectivity index (χ4v) is 5.12. The van der Waals surface area contributed by atoms with Crippen molar-refractivity contribution in [1.29, 1.82) is 0 Å². The Hall–Kier alpha value is -2.51. The van der Waals surface area contributed by atoms with E-state index in [9.17, 15) is 9.18 Å². The van der Waals surface area contributed by atoms with Crippen molar-refractivity contribution in [2.24, 2.45) is 0 Å². The van der Waals surface area contributed by atoms with Gasteiger partial charge in [0.1, 0.15) is 0 Å². The average molecular weight is 442 g/mol. The summed E-state index contributed by atoms with van der Waals surface area (Å²) in [5.74, 6) is 0.350. The number of amides is 1. The van der Waals surface area contributed by atoms with Crippen molar-refractivity contribution >= 4 is 29.0 Å². The molecule has 2 bridgehead atoms. The summed E-state index contributed by atoms with van der Waals surface area (Å²) in [5, 5.41) is 0.733. The van der Waals surface area contributed by atoms with E-state index in [-0.39, 0.29) is 18.0 Å². The number of nitrogens with zero attached hydrogens (tertiary/aromatic N) is 5. The number of hydrogen-bond acceptors (Lipinski definition) is 5. The van der Waals surface area contributed by atoms with Gasteiger partial charge >= 0.3 is 0 Å². The number of likely N-dealkylation sites (tertiary alicyclic amines) is 1. The Bertz CT molecular complexity index is 966. The maximum atomic E-state index is 13.2. The molecule has 6 nitrogen and oxygen atoms in total. The third-order valence-electron chi connectivity index (χ3n) is 6.53. The summed E-state index contributed by atoms with van der Waals surface area (Å²) in [6.45, 7) is 3.44. The number of halogens is 2. The third kappa shape index (κ3) is 4.29. The van der Waals surface area contributed by atoms with Crippen LogP contribution in [0.4, 0.5) is 10.3 Å². The summed E-state index contributed by atoms with van der Waals surface area (Å²) in [4.78, 5) is 27.7. The van der Waals surface area contributed by atoms with Crippen LogP contribution in [0.1, 0.15) is 24.8 Å². The monoisotopic (exact) mass is 441 g/mol. The SMILES string of the molecule is O=C(CN1CC2CCC(C1)N2c1ncc(F)cn1)N1CC=C(c2ccc(Cl)cc2)CC1. The number of benzene rings is 1. The molecule has 2 unspecified atom stereocenters. The molecule has 162 valence electrons. The van der Waals surface area contributed by atoms with Crippen LogP contribution < -0.4 is 4.90 Å². The Morgan fingerprint density at radius 1 is 1.10 bits per heavy atom. The van der Waals surface area contributed by atoms with Gasteiger partial charge in [0.25, 0.3) is 0 Å². The quantitative estimate of drug-likeness (QED) is 0.729. The van der Waals surface area contributed by atoms with Crippen LogP contribution >= 0.6 is 11.6 Å². The van der Waals surface area contributed by atoms with Gasteiger partial charge in [0.2, 0.25) is 11.9 Å². The van der Waals surface area contributed by atoms with Gasteiger partial charge in [-0.1, -0.05) is 29.8 Å². The van der Waals surface area contributed by atoms with Crippen LogP contribution in [-0.2, 0) is 4.79 Å². The number of rotatable bonds is 4. The Balaban J connectivity index is 1.18. The summed E-state index contributed by atoms with van der Waals surface area (Å²) in [7, 11) is 0. The number of hydrogen-bond donors (Lipinski definition) is 0. The van der Waals surface area contributed by atoms with Crippen LogP contribution in [0.15, 0.2) is 42.7 Å². The lowest BCUT2D eigenvalue weighted by Crippen LogP contribution is -2.56. The second-order valence-corrected chi connectivity index (χ2v) is 8.95. The minimum Gasteiger partial charge on any atom is -0.338 e. The number of aromatic nitrogens is 2. The lowest BCUT2D eigenvalue weighted by Gasteiger charge is -2.41. The molecule has 1 aromatic carbocycles. The van der Waals surface area contributed by atoms with E-state index in [0.717, 1.165) is 43.9 Å². The number of carbonyl (C=O) groups is 1. The second kappa shape index (κ2) is 8.55. The van der Waals surface area contributed by atoms with Gasteiger partial charge in [-0.3, -0.25) is 9.69 Å². The van der Waals surface area contributed by atoms with Crippen molar-refractivity contribution in [2.75, 3.05) is 37.6 Å². The van der Waals surface area contributed by atoms with E-state index in [0.29, 0.717) is 19.0 Å². The molecule has 0 radical (unpaired) electrons. The van der Waals surface area contributed by atoms with Crippen molar-refractivity contribution in [3.8, 4) is 0 Å². The summed E-state index contributed by atoms with van der Waals surface area (Å²) < 4.78 is 13.2. The van der Waals surface area contributed by atoms with Crippen molar-refractivity contribution < 1.29 is 9.18 Å². The molecule has 2 fully saturated rings. The largest absolute Gasteiger partial charge is 0.338 e. The van der Waals surface area contributed by atoms with Gasteiger partial charge in [0, 0.05) is 43.3 Å². The van der Waals surface area contributed by atoms with E-state index in [1.165, 1.54) is 23.5 Å². The fraction of sp³-hybridized carbons (Fsp3) is 0.435. The van der Waals surface area contributed by atoms with E-state index in [1.54, 1.807) is 0 Å². The number of carbonyl (C=O) groups excluding carboxylic acids is 1. The molecular formula is C23H25ClFN5O. The molecule has 2 atom stereocenters. The molecule has 0 saturated carbocycles. The molecule has 0 N–H and O–H groups in total. The van der Waals surface area contributed by atoms with Crippen molar-refractivity contribution in [2.45, 2.75) is 31.3 Å². The van der Waals surface area contributed by atoms with Crippen molar-refractivity contribution in [1.82, 2.24) is 19.8 Å². The lowest BCUT2D eigenvalue weighted by atomic mass is 9.99.